The molecule has 162 valence electrons. The first-order valence-electron chi connectivity index (χ1n) is 10.2. The molecular weight excluding hydrogens is 383 g/mol. The molecule has 0 saturated heterocycles. The quantitative estimate of drug-likeness (QED) is 0.355. The molecule has 0 fully saturated rings. The number of hydrogen-bond donors (Lipinski definition) is 2. The number of halogens is 1. The second-order valence-corrected chi connectivity index (χ2v) is 7.03. The third kappa shape index (κ3) is 8.11. The monoisotopic (exact) mass is 414 g/mol. The zero-order valence-electron chi connectivity index (χ0n) is 18.0. The lowest BCUT2D eigenvalue weighted by molar-refractivity contribution is 0.0827. The zero-order valence-corrected chi connectivity index (χ0v) is 18.0. The Morgan fingerprint density at radius 1 is 1.03 bits per heavy atom. The smallest absolute Gasteiger partial charge is 0.253 e. The maximum absolute atomic E-state index is 12.9. The van der Waals surface area contributed by atoms with Gasteiger partial charge in [-0.1, -0.05) is 12.1 Å². The average molecular weight is 415 g/mol. The molecule has 1 amide bonds. The summed E-state index contributed by atoms with van der Waals surface area (Å²) in [6.45, 7) is 4.68. The van der Waals surface area contributed by atoms with Gasteiger partial charge in [0.25, 0.3) is 5.91 Å². The SMILES string of the molecule is CCNC(=NCc1ccc(C(=O)N(C)C)cc1)NCCCCOc1ccc(F)cc1. The van der Waals surface area contributed by atoms with Gasteiger partial charge in [-0.25, -0.2) is 9.38 Å². The van der Waals surface area contributed by atoms with E-state index in [2.05, 4.69) is 15.6 Å². The second-order valence-electron chi connectivity index (χ2n) is 7.03. The fraction of sp³-hybridized carbons (Fsp3) is 0.391. The summed E-state index contributed by atoms with van der Waals surface area (Å²) in [5.41, 5.74) is 1.70. The van der Waals surface area contributed by atoms with Crippen molar-refractivity contribution in [3.63, 3.8) is 0 Å². The second kappa shape index (κ2) is 12.5. The van der Waals surface area contributed by atoms with Gasteiger partial charge in [-0.2, -0.15) is 0 Å². The first kappa shape index (κ1) is 23.2. The van der Waals surface area contributed by atoms with E-state index < -0.39 is 0 Å². The van der Waals surface area contributed by atoms with Crippen LogP contribution in [0.5, 0.6) is 5.75 Å². The van der Waals surface area contributed by atoms with E-state index in [1.165, 1.54) is 12.1 Å². The normalized spacial score (nSPS) is 11.1. The predicted octanol–water partition coefficient (Wildman–Crippen LogP) is 3.44. The van der Waals surface area contributed by atoms with Crippen LogP contribution in [0.2, 0.25) is 0 Å². The number of carbonyl (C=O) groups is 1. The summed E-state index contributed by atoms with van der Waals surface area (Å²) in [5.74, 6) is 1.16. The Hall–Kier alpha value is -3.09. The molecule has 0 saturated carbocycles. The summed E-state index contributed by atoms with van der Waals surface area (Å²) >= 11 is 0. The number of unbranched alkanes of at least 4 members (excludes halogenated alkanes) is 1. The Balaban J connectivity index is 1.73. The molecule has 2 aromatic rings. The standard InChI is InChI=1S/C23H31FN4O2/c1-4-25-23(26-15-5-6-16-30-21-13-11-20(24)12-14-21)27-17-18-7-9-19(10-8-18)22(29)28(2)3/h7-14H,4-6,15-17H2,1-3H3,(H2,25,26,27). The highest BCUT2D eigenvalue weighted by Crippen LogP contribution is 2.11. The molecule has 0 spiro atoms. The highest BCUT2D eigenvalue weighted by molar-refractivity contribution is 5.93. The number of nitrogens with zero attached hydrogens (tertiary/aromatic N) is 2. The molecule has 6 nitrogen and oxygen atoms in total. The number of hydrogen-bond acceptors (Lipinski definition) is 3. The van der Waals surface area contributed by atoms with Crippen molar-refractivity contribution in [3.8, 4) is 5.75 Å². The molecule has 0 aromatic heterocycles. The van der Waals surface area contributed by atoms with E-state index in [1.807, 2.05) is 31.2 Å². The van der Waals surface area contributed by atoms with E-state index in [0.29, 0.717) is 24.5 Å². The number of ether oxygens (including phenoxy) is 1. The summed E-state index contributed by atoms with van der Waals surface area (Å²) in [4.78, 5) is 18.1. The summed E-state index contributed by atoms with van der Waals surface area (Å²) in [6.07, 6.45) is 1.80. The molecule has 0 unspecified atom stereocenters. The molecule has 0 aliphatic heterocycles. The topological polar surface area (TPSA) is 66.0 Å². The Labute approximate surface area is 178 Å². The fourth-order valence-corrected chi connectivity index (χ4v) is 2.68. The number of carbonyl (C=O) groups excluding carboxylic acids is 1. The van der Waals surface area contributed by atoms with Crippen molar-refractivity contribution in [1.29, 1.82) is 0 Å². The van der Waals surface area contributed by atoms with E-state index in [1.54, 1.807) is 31.1 Å². The molecule has 0 radical (unpaired) electrons. The minimum atomic E-state index is -0.264. The largest absolute Gasteiger partial charge is 0.494 e. The number of amides is 1. The van der Waals surface area contributed by atoms with Crippen LogP contribution in [0.3, 0.4) is 0 Å². The van der Waals surface area contributed by atoms with E-state index >= 15 is 0 Å². The maximum atomic E-state index is 12.9. The van der Waals surface area contributed by atoms with Crippen molar-refractivity contribution in [2.45, 2.75) is 26.3 Å². The van der Waals surface area contributed by atoms with E-state index in [-0.39, 0.29) is 11.7 Å². The predicted molar refractivity (Wildman–Crippen MR) is 118 cm³/mol. The van der Waals surface area contributed by atoms with Crippen LogP contribution in [-0.2, 0) is 6.54 Å². The lowest BCUT2D eigenvalue weighted by Crippen LogP contribution is -2.37. The van der Waals surface area contributed by atoms with Gasteiger partial charge < -0.3 is 20.3 Å². The molecule has 2 N–H and O–H groups in total. The van der Waals surface area contributed by atoms with Crippen LogP contribution in [-0.4, -0.2) is 50.6 Å². The Morgan fingerprint density at radius 2 is 1.73 bits per heavy atom. The van der Waals surface area contributed by atoms with Gasteiger partial charge in [0.1, 0.15) is 11.6 Å². The van der Waals surface area contributed by atoms with Crippen LogP contribution in [0.4, 0.5) is 4.39 Å². The van der Waals surface area contributed by atoms with Crippen molar-refractivity contribution in [2.24, 2.45) is 4.99 Å². The van der Waals surface area contributed by atoms with Crippen LogP contribution in [0.15, 0.2) is 53.5 Å². The molecule has 0 atom stereocenters. The minimum absolute atomic E-state index is 0.0107. The van der Waals surface area contributed by atoms with Gasteiger partial charge in [-0.3, -0.25) is 4.79 Å². The highest BCUT2D eigenvalue weighted by Gasteiger charge is 2.07. The third-order valence-corrected chi connectivity index (χ3v) is 4.32. The summed E-state index contributed by atoms with van der Waals surface area (Å²) in [5, 5.41) is 6.55. The van der Waals surface area contributed by atoms with Gasteiger partial charge in [0.05, 0.1) is 13.2 Å². The number of aliphatic imine (C=N–C) groups is 1. The van der Waals surface area contributed by atoms with E-state index in [9.17, 15) is 9.18 Å². The molecule has 0 bridgehead atoms. The first-order valence-corrected chi connectivity index (χ1v) is 10.2. The summed E-state index contributed by atoms with van der Waals surface area (Å²) in [6, 6.07) is 13.6. The van der Waals surface area contributed by atoms with Crippen LogP contribution in [0.1, 0.15) is 35.7 Å². The number of rotatable bonds is 10. The zero-order chi connectivity index (χ0) is 21.8. The Morgan fingerprint density at radius 3 is 2.37 bits per heavy atom. The molecule has 0 heterocycles. The van der Waals surface area contributed by atoms with Crippen molar-refractivity contribution < 1.29 is 13.9 Å². The lowest BCUT2D eigenvalue weighted by atomic mass is 10.1. The summed E-state index contributed by atoms with van der Waals surface area (Å²) < 4.78 is 18.5. The summed E-state index contributed by atoms with van der Waals surface area (Å²) in [7, 11) is 3.48. The molecule has 0 aliphatic carbocycles. The fourth-order valence-electron chi connectivity index (χ4n) is 2.68. The Kier molecular flexibility index (Phi) is 9.64. The van der Waals surface area contributed by atoms with Gasteiger partial charge >= 0.3 is 0 Å². The molecule has 2 rings (SSSR count). The third-order valence-electron chi connectivity index (χ3n) is 4.32. The van der Waals surface area contributed by atoms with Crippen LogP contribution >= 0.6 is 0 Å². The van der Waals surface area contributed by atoms with Gasteiger partial charge in [-0.15, -0.1) is 0 Å². The lowest BCUT2D eigenvalue weighted by Gasteiger charge is -2.12. The van der Waals surface area contributed by atoms with Crippen molar-refractivity contribution >= 4 is 11.9 Å². The van der Waals surface area contributed by atoms with E-state index in [4.69, 9.17) is 4.74 Å². The number of nitrogens with one attached hydrogen (secondary N) is 2. The minimum Gasteiger partial charge on any atom is -0.494 e. The van der Waals surface area contributed by atoms with Gasteiger partial charge in [0.2, 0.25) is 0 Å². The van der Waals surface area contributed by atoms with Crippen molar-refractivity contribution in [1.82, 2.24) is 15.5 Å². The Bertz CT molecular complexity index is 805. The number of benzene rings is 2. The van der Waals surface area contributed by atoms with Crippen LogP contribution in [0.25, 0.3) is 0 Å². The number of guanidine groups is 1. The van der Waals surface area contributed by atoms with Gasteiger partial charge in [-0.05, 0) is 61.7 Å². The highest BCUT2D eigenvalue weighted by atomic mass is 19.1. The molecule has 30 heavy (non-hydrogen) atoms. The van der Waals surface area contributed by atoms with Gasteiger partial charge in [0.15, 0.2) is 5.96 Å². The van der Waals surface area contributed by atoms with Crippen molar-refractivity contribution in [2.75, 3.05) is 33.8 Å². The van der Waals surface area contributed by atoms with Gasteiger partial charge in [0, 0.05) is 32.7 Å². The molecule has 0 aliphatic rings. The van der Waals surface area contributed by atoms with E-state index in [0.717, 1.165) is 37.5 Å². The molecular formula is C23H31FN4O2. The average Bonchev–Trinajstić information content (AvgIpc) is 2.75. The maximum Gasteiger partial charge on any atom is 0.253 e. The molecule has 7 heteroatoms. The first-order chi connectivity index (χ1) is 14.5. The molecule has 2 aromatic carbocycles. The van der Waals surface area contributed by atoms with Crippen molar-refractivity contribution in [3.05, 3.63) is 65.5 Å². The van der Waals surface area contributed by atoms with Crippen LogP contribution < -0.4 is 15.4 Å². The van der Waals surface area contributed by atoms with Crippen LogP contribution in [0, 0.1) is 5.82 Å².